The van der Waals surface area contributed by atoms with Gasteiger partial charge in [-0.2, -0.15) is 0 Å². The molecule has 8 heteroatoms. The van der Waals surface area contributed by atoms with E-state index in [2.05, 4.69) is 28.9 Å². The van der Waals surface area contributed by atoms with Gasteiger partial charge in [-0.25, -0.2) is 4.98 Å². The molecule has 0 saturated heterocycles. The number of ether oxygens (including phenoxy) is 3. The van der Waals surface area contributed by atoms with Gasteiger partial charge in [0.1, 0.15) is 11.4 Å². The van der Waals surface area contributed by atoms with Crippen LogP contribution in [0.4, 0.5) is 0 Å². The molecule has 0 aliphatic heterocycles. The Hall–Kier alpha value is -4.49. The Morgan fingerprint density at radius 2 is 1.62 bits per heavy atom. The summed E-state index contributed by atoms with van der Waals surface area (Å²) in [5, 5.41) is 3.77. The van der Waals surface area contributed by atoms with Crippen LogP contribution in [0.1, 0.15) is 23.2 Å². The fourth-order valence-corrected chi connectivity index (χ4v) is 5.35. The van der Waals surface area contributed by atoms with Crippen LogP contribution in [0.25, 0.3) is 28.0 Å². The Kier molecular flexibility index (Phi) is 8.98. The molecule has 0 fully saturated rings. The Morgan fingerprint density at radius 3 is 2.33 bits per heavy atom. The number of halogens is 1. The van der Waals surface area contributed by atoms with E-state index in [9.17, 15) is 4.79 Å². The summed E-state index contributed by atoms with van der Waals surface area (Å²) in [5.41, 5.74) is 7.90. The van der Waals surface area contributed by atoms with Gasteiger partial charge >= 0.3 is 0 Å². The van der Waals surface area contributed by atoms with E-state index < -0.39 is 0 Å². The molecular weight excluding hydrogens is 550 g/mol. The molecule has 1 N–H and O–H groups in total. The molecule has 0 atom stereocenters. The number of hydrogen-bond donors (Lipinski definition) is 1. The number of amides is 1. The molecule has 0 saturated carbocycles. The highest BCUT2D eigenvalue weighted by molar-refractivity contribution is 6.30. The number of pyridine rings is 1. The molecule has 0 unspecified atom stereocenters. The van der Waals surface area contributed by atoms with Gasteiger partial charge in [0.2, 0.25) is 5.91 Å². The maximum atomic E-state index is 13.0. The highest BCUT2D eigenvalue weighted by Crippen LogP contribution is 2.31. The highest BCUT2D eigenvalue weighted by atomic mass is 35.5. The number of carbonyl (C=O) groups is 1. The Labute approximate surface area is 251 Å². The van der Waals surface area contributed by atoms with Crippen LogP contribution in [-0.4, -0.2) is 43.2 Å². The minimum absolute atomic E-state index is 0.0178. The second-order valence-corrected chi connectivity index (χ2v) is 10.5. The molecule has 3 aromatic carbocycles. The van der Waals surface area contributed by atoms with Crippen molar-refractivity contribution in [3.63, 3.8) is 0 Å². The first-order chi connectivity index (χ1) is 20.4. The van der Waals surface area contributed by atoms with Gasteiger partial charge < -0.3 is 23.9 Å². The first-order valence-corrected chi connectivity index (χ1v) is 14.2. The molecule has 5 aromatic rings. The van der Waals surface area contributed by atoms with Crippen molar-refractivity contribution in [3.05, 3.63) is 101 Å². The summed E-state index contributed by atoms with van der Waals surface area (Å²) in [5.74, 6) is 2.11. The fraction of sp³-hybridized carbons (Fsp3) is 0.235. The third-order valence-electron chi connectivity index (χ3n) is 7.35. The number of fused-ring (bicyclic) bond motifs is 1. The lowest BCUT2D eigenvalue weighted by Crippen LogP contribution is -2.26. The lowest BCUT2D eigenvalue weighted by Gasteiger charge is -2.11. The van der Waals surface area contributed by atoms with Gasteiger partial charge in [-0.1, -0.05) is 23.7 Å². The van der Waals surface area contributed by atoms with Gasteiger partial charge in [0.05, 0.1) is 32.7 Å². The third-order valence-corrected chi connectivity index (χ3v) is 7.59. The van der Waals surface area contributed by atoms with Crippen molar-refractivity contribution in [2.45, 2.75) is 26.2 Å². The van der Waals surface area contributed by atoms with Gasteiger partial charge in [0.15, 0.2) is 11.5 Å². The minimum Gasteiger partial charge on any atom is -0.497 e. The summed E-state index contributed by atoms with van der Waals surface area (Å²) in [6.07, 6.45) is 3.62. The van der Waals surface area contributed by atoms with Crippen LogP contribution in [0.2, 0.25) is 5.02 Å². The normalized spacial score (nSPS) is 11.0. The van der Waals surface area contributed by atoms with Crippen molar-refractivity contribution in [1.29, 1.82) is 0 Å². The van der Waals surface area contributed by atoms with Gasteiger partial charge in [-0.15, -0.1) is 0 Å². The maximum absolute atomic E-state index is 13.0. The van der Waals surface area contributed by atoms with E-state index in [1.165, 1.54) is 0 Å². The van der Waals surface area contributed by atoms with Crippen LogP contribution in [0.5, 0.6) is 17.2 Å². The summed E-state index contributed by atoms with van der Waals surface area (Å²) in [6.45, 7) is 2.57. The fourth-order valence-electron chi connectivity index (χ4n) is 5.13. The number of carbonyl (C=O) groups excluding carboxylic acids is 1. The Morgan fingerprint density at radius 1 is 0.857 bits per heavy atom. The van der Waals surface area contributed by atoms with E-state index >= 15 is 0 Å². The molecule has 1 amide bonds. The molecule has 0 radical (unpaired) electrons. The van der Waals surface area contributed by atoms with E-state index in [4.69, 9.17) is 30.8 Å². The van der Waals surface area contributed by atoms with Crippen LogP contribution in [0.15, 0.2) is 79.0 Å². The van der Waals surface area contributed by atoms with Crippen molar-refractivity contribution in [2.24, 2.45) is 0 Å². The van der Waals surface area contributed by atoms with E-state index in [1.54, 1.807) is 21.3 Å². The van der Waals surface area contributed by atoms with Crippen molar-refractivity contribution < 1.29 is 19.0 Å². The van der Waals surface area contributed by atoms with Crippen molar-refractivity contribution in [3.8, 4) is 39.6 Å². The highest BCUT2D eigenvalue weighted by Gasteiger charge is 2.17. The third kappa shape index (κ3) is 6.37. The number of benzene rings is 3. The molecule has 0 bridgehead atoms. The van der Waals surface area contributed by atoms with Crippen molar-refractivity contribution in [2.75, 3.05) is 27.9 Å². The number of methoxy groups -OCH3 is 3. The van der Waals surface area contributed by atoms with Crippen LogP contribution in [0.3, 0.4) is 0 Å². The molecule has 0 aliphatic carbocycles. The molecule has 0 spiro atoms. The number of aryl methyl sites for hydroxylation is 2. The smallest absolute Gasteiger partial charge is 0.220 e. The average molecular weight is 584 g/mol. The monoisotopic (exact) mass is 583 g/mol. The lowest BCUT2D eigenvalue weighted by molar-refractivity contribution is -0.121. The Bertz CT molecular complexity index is 1710. The molecular formula is C34H34ClN3O4. The zero-order valence-electron chi connectivity index (χ0n) is 24.2. The second kappa shape index (κ2) is 13.0. The summed E-state index contributed by atoms with van der Waals surface area (Å²) in [4.78, 5) is 17.9. The molecule has 42 heavy (non-hydrogen) atoms. The summed E-state index contributed by atoms with van der Waals surface area (Å²) in [7, 11) is 4.87. The van der Waals surface area contributed by atoms with E-state index in [0.29, 0.717) is 42.3 Å². The molecule has 0 aliphatic rings. The van der Waals surface area contributed by atoms with Gasteiger partial charge in [0.25, 0.3) is 0 Å². The summed E-state index contributed by atoms with van der Waals surface area (Å²) >= 11 is 6.21. The lowest BCUT2D eigenvalue weighted by atomic mass is 10.0. The number of hydrogen-bond acceptors (Lipinski definition) is 5. The van der Waals surface area contributed by atoms with Crippen LogP contribution in [-0.2, 0) is 17.6 Å². The average Bonchev–Trinajstić information content (AvgIpc) is 3.37. The topological polar surface area (TPSA) is 74.1 Å². The Balaban J connectivity index is 1.37. The summed E-state index contributed by atoms with van der Waals surface area (Å²) in [6, 6.07) is 23.6. The largest absolute Gasteiger partial charge is 0.497 e. The molecule has 5 rings (SSSR count). The van der Waals surface area contributed by atoms with Gasteiger partial charge in [-0.3, -0.25) is 4.79 Å². The quantitative estimate of drug-likeness (QED) is 0.182. The van der Waals surface area contributed by atoms with Crippen LogP contribution >= 0.6 is 11.6 Å². The predicted octanol–water partition coefficient (Wildman–Crippen LogP) is 6.95. The number of nitrogens with zero attached hydrogens (tertiary/aromatic N) is 2. The second-order valence-electron chi connectivity index (χ2n) is 10.0. The molecule has 216 valence electrons. The minimum atomic E-state index is -0.0178. The zero-order chi connectivity index (χ0) is 29.6. The first kappa shape index (κ1) is 29.0. The predicted molar refractivity (Wildman–Crippen MR) is 167 cm³/mol. The number of rotatable bonds is 11. The molecule has 2 aromatic heterocycles. The summed E-state index contributed by atoms with van der Waals surface area (Å²) < 4.78 is 18.2. The van der Waals surface area contributed by atoms with E-state index in [0.717, 1.165) is 50.6 Å². The SMILES string of the molecule is COc1ccc(-c2nc3ccc(-c4ccc(Cl)cc4C)cn3c2CCC(=O)NCCc2ccc(OC)c(OC)c2)cc1. The molecule has 2 heterocycles. The maximum Gasteiger partial charge on any atom is 0.220 e. The van der Waals surface area contributed by atoms with E-state index in [1.807, 2.05) is 66.7 Å². The first-order valence-electron chi connectivity index (χ1n) is 13.8. The zero-order valence-corrected chi connectivity index (χ0v) is 25.0. The number of imidazole rings is 1. The number of nitrogens with one attached hydrogen (secondary N) is 1. The van der Waals surface area contributed by atoms with E-state index in [-0.39, 0.29) is 5.91 Å². The number of aromatic nitrogens is 2. The molecule has 7 nitrogen and oxygen atoms in total. The van der Waals surface area contributed by atoms with Crippen LogP contribution < -0.4 is 19.5 Å². The van der Waals surface area contributed by atoms with Crippen molar-refractivity contribution in [1.82, 2.24) is 14.7 Å². The van der Waals surface area contributed by atoms with Gasteiger partial charge in [-0.05, 0) is 103 Å². The van der Waals surface area contributed by atoms with Gasteiger partial charge in [0, 0.05) is 29.7 Å². The van der Waals surface area contributed by atoms with Crippen LogP contribution in [0, 0.1) is 6.92 Å². The van der Waals surface area contributed by atoms with Crippen molar-refractivity contribution >= 4 is 23.2 Å². The standard InChI is InChI=1S/C34H34ClN3O4/c1-22-19-26(35)9-12-28(22)25-8-15-32-37-34(24-6-10-27(40-2)11-7-24)29(38(32)21-25)13-16-33(39)36-18-17-23-5-14-30(41-3)31(20-23)42-4/h5-12,14-15,19-21H,13,16-18H2,1-4H3,(H,36,39).